The Hall–Kier alpha value is 96.7. The van der Waals surface area contributed by atoms with E-state index in [0.29, 0.717) is 0 Å². The predicted molar refractivity (Wildman–Crippen MR) is 85.6 cm³/mol. The van der Waals surface area contributed by atoms with Gasteiger partial charge in [-0.1, -0.05) is 0 Å². The van der Waals surface area contributed by atoms with Gasteiger partial charge in [-0.05, 0) is 0 Å². The van der Waals surface area contributed by atoms with Crippen molar-refractivity contribution in [2.75, 3.05) is 0 Å². The molecule has 0 heterocycles. The zero-order valence-corrected chi connectivity index (χ0v) is 307. The van der Waals surface area contributed by atoms with Crippen molar-refractivity contribution in [2.45, 2.75) is 0 Å². The Morgan fingerprint density at radius 1 is 0.0556 bits per heavy atom. The molecule has 0 aliphatic rings. The molecule has 0 saturated carbocycles. The average Bonchev–Trinajstić information content (AvgIpc) is 1.94. The molecule has 0 radical (unpaired) electrons. The van der Waals surface area contributed by atoms with E-state index in [1.165, 1.54) is 0 Å². The van der Waals surface area contributed by atoms with Crippen LogP contribution in [0.25, 0.3) is 0 Å². The summed E-state index contributed by atoms with van der Waals surface area (Å²) in [6.07, 6.45) is 0. The van der Waals surface area contributed by atoms with Gasteiger partial charge in [0.05, 0.1) is 0 Å². The van der Waals surface area contributed by atoms with Gasteiger partial charge in [0, 0.05) is 0 Å². The topological polar surface area (TPSA) is 467 Å². The molecule has 126 heteroatoms. The van der Waals surface area contributed by atoms with Gasteiger partial charge < -0.3 is 88.1 Å². The number of hydrogen-bond donors (Lipinski definition) is 18. The molecule has 0 aromatic rings. The SMILES string of the molecule is O=P(O)(O)O.O=P(O)(O)O.O=P(O)(O)O.O=P(O)(O)O.O=P(O)(O)O.O=P(O)(O)O.[Na+].[Na+].[Na+].[Na+].[Na+].[Na+].[Na+].[Na+].[Na+].[Na+].[Na+].[Na+].[Na+].[Na+].[Na+].[Na+].[Na+].[Na+].[Na+].[Na+].[Na+].[Na+].[Na+].[Na+].[Na+].[Na+].[Na+].[Na+].[Na+].[Na+].[Na+].[Na+].[Na+].[Na+].[Na+].[Na+].[Na+].[Na+].[Na+].[Na+].[Na+].[Na+].[Na+].[Na+].[Na+].[Na+].[Na+].[Na+].[Na+].[Na+].[Na+].[Na+].[Na+].[Na+].[Na+].[Na+].[Na+].[Na+].[Na+].[Na+].[Na+].[Na+].[Na+].[Na+].[Na+].[Na+].[Na+].[Na+].[Na+].[Na+].[Na+].[Na+].[Na+].[Na+].[Na+].[Na+].[Na+].[Na+].[Na+].[Na+].[Na+].[Na+].[Na+].[Na+].[Na+].[Na+].[Na+].[Na+].[Na+].[Na+].[Na+].[Na+].[Na+].[Na+].[Na+].[Na+]. The average molecular weight is 2800 g/mol. The molecule has 192 valence electrons. The molecule has 0 unspecified atom stereocenters. The van der Waals surface area contributed by atoms with Crippen LogP contribution in [0.3, 0.4) is 0 Å². The van der Waals surface area contributed by atoms with Crippen LogP contribution in [0.2, 0.25) is 0 Å². The Morgan fingerprint density at radius 2 is 0.0556 bits per heavy atom. The van der Waals surface area contributed by atoms with Gasteiger partial charge in [0.1, 0.15) is 0 Å². The molecule has 24 nitrogen and oxygen atoms in total. The van der Waals surface area contributed by atoms with Crippen molar-refractivity contribution in [2.24, 2.45) is 0 Å². The second kappa shape index (κ2) is 613. The van der Waals surface area contributed by atoms with Crippen LogP contribution in [0, 0.1) is 0 Å². The summed E-state index contributed by atoms with van der Waals surface area (Å²) in [5.74, 6) is 0. The van der Waals surface area contributed by atoms with Crippen LogP contribution in [0.15, 0.2) is 0 Å². The van der Waals surface area contributed by atoms with Crippen LogP contribution in [-0.4, -0.2) is 88.1 Å². The minimum Gasteiger partial charge on any atom is -0.303 e. The molecule has 0 saturated heterocycles. The van der Waals surface area contributed by atoms with Gasteiger partial charge >= 0.3 is 2880 Å². The number of hydrogen-bond acceptors (Lipinski definition) is 6. The first-order chi connectivity index (χ1) is 12.0. The smallest absolute Gasteiger partial charge is 0.303 e. The Labute approximate surface area is 2890 Å². The molecule has 0 fully saturated rings. The van der Waals surface area contributed by atoms with E-state index in [2.05, 4.69) is 0 Å². The zero-order chi connectivity index (χ0) is 27.0. The molecule has 0 amide bonds. The standard InChI is InChI=1S/96Na.6H3O4P/c;;;;;;;;;;;;;;;;;;;;;;;;;;;;;;;;;;;;;;;;;;;;;;;;;;;;;;;;;;;;;;;;;;;;;;;;;;;;;;;;;;;;;;;;;;;;;;;;6*1-5(2,3)4/h;;;;;;;;;;;;;;;;;;;;;;;;;;;;;;;;;;;;;;;;;;;;;;;;;;;;;;;;;;;;;;;;;;;;;;;;;;;;;;;;;;;;;;;;;;;;;;;;6*(H3,1,2,3,4)/q96*+1;;;;;;. The molecular weight excluding hydrogens is 2780 g/mol. The molecule has 126 heavy (non-hydrogen) atoms. The fourth-order valence-corrected chi connectivity index (χ4v) is 0. The quantitative estimate of drug-likeness (QED) is 0.0791. The van der Waals surface area contributed by atoms with Gasteiger partial charge in [-0.2, -0.15) is 0 Å². The molecule has 0 aromatic carbocycles. The van der Waals surface area contributed by atoms with E-state index < -0.39 is 46.9 Å². The molecule has 0 spiro atoms. The summed E-state index contributed by atoms with van der Waals surface area (Å²) in [6.45, 7) is 0. The normalized spacial score (nSPS) is 2.81. The van der Waals surface area contributed by atoms with E-state index in [1.807, 2.05) is 0 Å². The predicted octanol–water partition coefficient (Wildman–Crippen LogP) is -293. The third-order valence-corrected chi connectivity index (χ3v) is 0. The van der Waals surface area contributed by atoms with Crippen LogP contribution in [-0.2, 0) is 27.4 Å². The summed E-state index contributed by atoms with van der Waals surface area (Å²) >= 11 is 0. The van der Waals surface area contributed by atoms with Crippen LogP contribution in [0.1, 0.15) is 0 Å². The molecule has 0 rings (SSSR count). The first-order valence-electron chi connectivity index (χ1n) is 4.70. The van der Waals surface area contributed by atoms with Gasteiger partial charge in [-0.15, -0.1) is 0 Å². The Morgan fingerprint density at radius 3 is 0.0556 bits per heavy atom. The van der Waals surface area contributed by atoms with Gasteiger partial charge in [-0.25, -0.2) is 27.4 Å². The molecule has 0 aliphatic heterocycles. The van der Waals surface area contributed by atoms with Crippen LogP contribution < -0.4 is 2840 Å². The largest absolute Gasteiger partial charge is 1.00 e. The van der Waals surface area contributed by atoms with E-state index in [4.69, 9.17) is 115 Å². The molecule has 18 N–H and O–H groups in total. The van der Waals surface area contributed by atoms with Crippen molar-refractivity contribution in [3.8, 4) is 0 Å². The Bertz CT molecular complexity index is 554. The third kappa shape index (κ3) is 1140. The van der Waals surface area contributed by atoms with E-state index >= 15 is 0 Å². The van der Waals surface area contributed by atoms with Gasteiger partial charge in [-0.3, -0.25) is 0 Å². The van der Waals surface area contributed by atoms with E-state index in [1.54, 1.807) is 0 Å². The maximum Gasteiger partial charge on any atom is 1.00 e. The van der Waals surface area contributed by atoms with Crippen molar-refractivity contribution in [1.82, 2.24) is 0 Å². The van der Waals surface area contributed by atoms with Crippen LogP contribution >= 0.6 is 46.9 Å². The summed E-state index contributed by atoms with van der Waals surface area (Å²) in [6, 6.07) is 0. The molecule has 0 aromatic heterocycles. The van der Waals surface area contributed by atoms with Gasteiger partial charge in [0.2, 0.25) is 0 Å². The summed E-state index contributed by atoms with van der Waals surface area (Å²) in [7, 11) is -27.8. The maximum atomic E-state index is 8.88. The Kier molecular flexibility index (Phi) is 3660. The first kappa shape index (κ1) is 751. The fourth-order valence-electron chi connectivity index (χ4n) is 0. The monoisotopic (exact) mass is 2790 g/mol. The zero-order valence-electron chi connectivity index (χ0n) is 109. The fraction of sp³-hybridized carbons (Fsp3) is 0. The van der Waals surface area contributed by atoms with E-state index in [0.717, 1.165) is 0 Å². The minimum absolute atomic E-state index is 0. The summed E-state index contributed by atoms with van der Waals surface area (Å²) in [5, 5.41) is 0. The summed E-state index contributed by atoms with van der Waals surface area (Å²) in [5.41, 5.74) is 0. The van der Waals surface area contributed by atoms with Crippen molar-refractivity contribution in [1.29, 1.82) is 0 Å². The van der Waals surface area contributed by atoms with Crippen molar-refractivity contribution < 1.29 is 2950 Å². The maximum absolute atomic E-state index is 8.88. The molecule has 0 bridgehead atoms. The second-order valence-electron chi connectivity index (χ2n) is 3.08. The summed E-state index contributed by atoms with van der Waals surface area (Å²) in [4.78, 5) is 129. The van der Waals surface area contributed by atoms with E-state index in [-0.39, 0.29) is 2840 Å². The second-order valence-corrected chi connectivity index (χ2v) is 9.24. The van der Waals surface area contributed by atoms with Crippen LogP contribution in [0.5, 0.6) is 0 Å². The molecule has 0 atom stereocenters. The Balaban J connectivity index is -0.000000000476. The molecule has 0 aliphatic carbocycles. The van der Waals surface area contributed by atoms with Gasteiger partial charge in [0.25, 0.3) is 0 Å². The van der Waals surface area contributed by atoms with E-state index in [9.17, 15) is 0 Å². The summed E-state index contributed by atoms with van der Waals surface area (Å²) < 4.78 is 53.3. The first-order valence-corrected chi connectivity index (χ1v) is 14.1. The van der Waals surface area contributed by atoms with Crippen molar-refractivity contribution >= 4 is 46.9 Å². The third-order valence-electron chi connectivity index (χ3n) is 0. The van der Waals surface area contributed by atoms with Crippen molar-refractivity contribution in [3.05, 3.63) is 0 Å². The number of rotatable bonds is 0. The van der Waals surface area contributed by atoms with Crippen LogP contribution in [0.4, 0.5) is 0 Å². The van der Waals surface area contributed by atoms with Crippen molar-refractivity contribution in [3.63, 3.8) is 0 Å². The van der Waals surface area contributed by atoms with Gasteiger partial charge in [0.15, 0.2) is 0 Å². The number of phosphoric acid groups is 6. The minimum atomic E-state index is -4.64. The molecular formula is H18Na96O24P6+96.